The molecule has 13 nitrogen and oxygen atoms in total. The van der Waals surface area contributed by atoms with Gasteiger partial charge in [0.15, 0.2) is 6.23 Å². The lowest BCUT2D eigenvalue weighted by molar-refractivity contribution is -0.147. The number of aliphatic hydroxyl groups is 2. The molecule has 2 unspecified atom stereocenters. The van der Waals surface area contributed by atoms with E-state index < -0.39 is 73.9 Å². The summed E-state index contributed by atoms with van der Waals surface area (Å²) in [4.78, 5) is 39.0. The van der Waals surface area contributed by atoms with Crippen molar-refractivity contribution in [2.45, 2.75) is 71.1 Å². The molecule has 6 atom stereocenters. The van der Waals surface area contributed by atoms with Crippen LogP contribution in [0, 0.1) is 11.8 Å². The van der Waals surface area contributed by atoms with E-state index in [1.807, 2.05) is 32.7 Å². The fraction of sp³-hybridized carbons (Fsp3) is 0.577. The zero-order chi connectivity index (χ0) is 31.4. The third kappa shape index (κ3) is 8.12. The van der Waals surface area contributed by atoms with Gasteiger partial charge in [-0.05, 0) is 37.3 Å². The lowest BCUT2D eigenvalue weighted by Gasteiger charge is -2.28. The SMILES string of the molecule is [2H]c1c([2H])n([C@@H]2O[C@H](COP(=O)(NC(CC(C)C)C(=O)OCC(C)C)Oc3ccccc3)[C@@H](O)[C@@]2(C)O)c(=O)[nH]c1=O. The second-order valence-electron chi connectivity index (χ2n) is 10.6. The number of hydrogen-bond donors (Lipinski definition) is 4. The number of aromatic nitrogens is 2. The first kappa shape index (κ1) is 28.7. The van der Waals surface area contributed by atoms with Crippen molar-refractivity contribution < 1.29 is 40.8 Å². The molecule has 0 aliphatic carbocycles. The summed E-state index contributed by atoms with van der Waals surface area (Å²) >= 11 is 0. The fourth-order valence-corrected chi connectivity index (χ4v) is 5.48. The van der Waals surface area contributed by atoms with Gasteiger partial charge in [0.2, 0.25) is 0 Å². The highest BCUT2D eigenvalue weighted by Gasteiger charge is 2.54. The molecule has 3 rings (SSSR count). The summed E-state index contributed by atoms with van der Waals surface area (Å²) in [6.45, 7) is 8.07. The van der Waals surface area contributed by atoms with Crippen LogP contribution in [0.1, 0.15) is 50.0 Å². The minimum Gasteiger partial charge on any atom is -0.464 e. The number of benzene rings is 1. The summed E-state index contributed by atoms with van der Waals surface area (Å²) in [5.74, 6) is -0.479. The Hall–Kier alpha value is -2.80. The second kappa shape index (κ2) is 13.2. The summed E-state index contributed by atoms with van der Waals surface area (Å²) in [5, 5.41) is 24.6. The Labute approximate surface area is 234 Å². The Morgan fingerprint density at radius 3 is 2.55 bits per heavy atom. The Balaban J connectivity index is 1.89. The molecule has 1 fully saturated rings. The predicted octanol–water partition coefficient (Wildman–Crippen LogP) is 1.95. The van der Waals surface area contributed by atoms with Gasteiger partial charge in [0.1, 0.15) is 29.6 Å². The Morgan fingerprint density at radius 1 is 1.25 bits per heavy atom. The quantitative estimate of drug-likeness (QED) is 0.199. The maximum atomic E-state index is 14.1. The van der Waals surface area contributed by atoms with Crippen molar-refractivity contribution in [2.24, 2.45) is 11.8 Å². The van der Waals surface area contributed by atoms with Crippen LogP contribution in [-0.4, -0.2) is 62.8 Å². The molecule has 1 aromatic carbocycles. The first-order valence-corrected chi connectivity index (χ1v) is 14.4. The van der Waals surface area contributed by atoms with Crippen LogP contribution in [0.25, 0.3) is 0 Å². The van der Waals surface area contributed by atoms with Crippen molar-refractivity contribution in [2.75, 3.05) is 13.2 Å². The summed E-state index contributed by atoms with van der Waals surface area (Å²) < 4.78 is 52.7. The predicted molar refractivity (Wildman–Crippen MR) is 145 cm³/mol. The Kier molecular flexibility index (Phi) is 9.51. The molecule has 0 saturated carbocycles. The molecule has 0 bridgehead atoms. The van der Waals surface area contributed by atoms with Crippen molar-refractivity contribution in [3.63, 3.8) is 0 Å². The van der Waals surface area contributed by atoms with Gasteiger partial charge in [-0.1, -0.05) is 45.9 Å². The van der Waals surface area contributed by atoms with Crippen molar-refractivity contribution in [1.82, 2.24) is 14.6 Å². The number of carbonyl (C=O) groups is 1. The molecule has 40 heavy (non-hydrogen) atoms. The maximum absolute atomic E-state index is 14.1. The number of hydrogen-bond acceptors (Lipinski definition) is 10. The Morgan fingerprint density at radius 2 is 1.93 bits per heavy atom. The summed E-state index contributed by atoms with van der Waals surface area (Å²) in [6.07, 6.45) is -5.52. The van der Waals surface area contributed by atoms with E-state index in [0.717, 1.165) is 6.92 Å². The first-order chi connectivity index (χ1) is 19.6. The molecule has 14 heteroatoms. The van der Waals surface area contributed by atoms with Crippen LogP contribution in [-0.2, 0) is 23.4 Å². The third-order valence-electron chi connectivity index (χ3n) is 5.96. The van der Waals surface area contributed by atoms with Crippen molar-refractivity contribution >= 4 is 13.7 Å². The summed E-state index contributed by atoms with van der Waals surface area (Å²) in [6, 6.07) is 6.07. The molecule has 1 aliphatic heterocycles. The zero-order valence-electron chi connectivity index (χ0n) is 25.0. The molecule has 1 aromatic heterocycles. The van der Waals surface area contributed by atoms with Gasteiger partial charge in [-0.15, -0.1) is 0 Å². The van der Waals surface area contributed by atoms with E-state index in [-0.39, 0.29) is 30.6 Å². The number of aromatic amines is 1. The highest BCUT2D eigenvalue weighted by atomic mass is 31.2. The maximum Gasteiger partial charge on any atom is 0.459 e. The van der Waals surface area contributed by atoms with Crippen LogP contribution < -0.4 is 20.9 Å². The van der Waals surface area contributed by atoms with Gasteiger partial charge in [-0.25, -0.2) is 9.36 Å². The van der Waals surface area contributed by atoms with Gasteiger partial charge >= 0.3 is 19.4 Å². The molecule has 2 heterocycles. The van der Waals surface area contributed by atoms with Gasteiger partial charge in [-0.3, -0.25) is 23.7 Å². The summed E-state index contributed by atoms with van der Waals surface area (Å²) in [5.41, 5.74) is -4.46. The number of ether oxygens (including phenoxy) is 2. The number of aliphatic hydroxyl groups excluding tert-OH is 1. The molecule has 2 aromatic rings. The standard InChI is InChI=1S/C26H38N3O10P/c1-16(2)13-19(23(32)36-14-17(3)4)28-40(35,39-18-9-7-6-8-10-18)37-15-20-22(31)26(5,34)24(38-20)29-12-11-21(30)27-25(29)33/h6-12,16-17,19-20,22,24,31,34H,13-15H2,1-5H3,(H,28,35)(H,27,30,33)/t19?,20-,22-,24-,26-,40?/m1/s1/i11D,12D. The van der Waals surface area contributed by atoms with E-state index in [1.165, 1.54) is 12.1 Å². The van der Waals surface area contributed by atoms with Gasteiger partial charge in [0.25, 0.3) is 5.56 Å². The van der Waals surface area contributed by atoms with Gasteiger partial charge < -0.3 is 24.2 Å². The van der Waals surface area contributed by atoms with Crippen molar-refractivity contribution in [1.29, 1.82) is 0 Å². The average Bonchev–Trinajstić information content (AvgIpc) is 3.12. The Bertz CT molecular complexity index is 1400. The number of carbonyl (C=O) groups excluding carboxylic acids is 1. The molecule has 0 radical (unpaired) electrons. The molecule has 0 amide bonds. The molecule has 0 spiro atoms. The van der Waals surface area contributed by atoms with Gasteiger partial charge in [0, 0.05) is 12.2 Å². The summed E-state index contributed by atoms with van der Waals surface area (Å²) in [7, 11) is -4.41. The molecule has 1 saturated heterocycles. The largest absolute Gasteiger partial charge is 0.464 e. The number of para-hydroxylation sites is 1. The minimum absolute atomic E-state index is 0.0215. The fourth-order valence-electron chi connectivity index (χ4n) is 3.96. The lowest BCUT2D eigenvalue weighted by Crippen LogP contribution is -2.47. The first-order valence-electron chi connectivity index (χ1n) is 13.9. The third-order valence-corrected chi connectivity index (χ3v) is 7.53. The number of H-pyrrole nitrogens is 1. The van der Waals surface area contributed by atoms with Crippen LogP contribution in [0.4, 0.5) is 0 Å². The van der Waals surface area contributed by atoms with Crippen LogP contribution in [0.15, 0.2) is 52.1 Å². The molecular weight excluding hydrogens is 545 g/mol. The van der Waals surface area contributed by atoms with Gasteiger partial charge in [0.05, 0.1) is 16.0 Å². The van der Waals surface area contributed by atoms with E-state index >= 15 is 0 Å². The molecular formula is C26H38N3O10P. The number of esters is 1. The molecule has 4 N–H and O–H groups in total. The van der Waals surface area contributed by atoms with E-state index in [2.05, 4.69) is 5.09 Å². The molecule has 1 aliphatic rings. The van der Waals surface area contributed by atoms with E-state index in [1.54, 1.807) is 18.2 Å². The van der Waals surface area contributed by atoms with E-state index in [9.17, 15) is 29.2 Å². The number of rotatable bonds is 13. The highest BCUT2D eigenvalue weighted by Crippen LogP contribution is 2.47. The zero-order valence-corrected chi connectivity index (χ0v) is 23.9. The van der Waals surface area contributed by atoms with Gasteiger partial charge in [-0.2, -0.15) is 5.09 Å². The average molecular weight is 586 g/mol. The minimum atomic E-state index is -4.41. The lowest BCUT2D eigenvalue weighted by atomic mass is 9.96. The van der Waals surface area contributed by atoms with Crippen molar-refractivity contribution in [3.8, 4) is 5.75 Å². The number of nitrogens with one attached hydrogen (secondary N) is 2. The molecule has 222 valence electrons. The second-order valence-corrected chi connectivity index (χ2v) is 12.3. The van der Waals surface area contributed by atoms with E-state index in [0.29, 0.717) is 4.57 Å². The topological polar surface area (TPSA) is 178 Å². The van der Waals surface area contributed by atoms with E-state index in [4.69, 9.17) is 21.3 Å². The van der Waals surface area contributed by atoms with Crippen LogP contribution in [0.5, 0.6) is 5.75 Å². The monoisotopic (exact) mass is 585 g/mol. The van der Waals surface area contributed by atoms with Crippen molar-refractivity contribution in [3.05, 3.63) is 63.4 Å². The van der Waals surface area contributed by atoms with Crippen LogP contribution in [0.2, 0.25) is 0 Å². The number of nitrogens with zero attached hydrogens (tertiary/aromatic N) is 1. The smallest absolute Gasteiger partial charge is 0.459 e. The van der Waals surface area contributed by atoms with Crippen LogP contribution in [0.3, 0.4) is 0 Å². The van der Waals surface area contributed by atoms with Crippen LogP contribution >= 0.6 is 7.75 Å². The highest BCUT2D eigenvalue weighted by molar-refractivity contribution is 7.52. The normalized spacial score (nSPS) is 25.8.